The third-order valence-electron chi connectivity index (χ3n) is 5.96. The Morgan fingerprint density at radius 3 is 2.67 bits per heavy atom. The van der Waals surface area contributed by atoms with Gasteiger partial charge in [0, 0.05) is 56.1 Å². The summed E-state index contributed by atoms with van der Waals surface area (Å²) in [5.41, 5.74) is 3.92. The fourth-order valence-electron chi connectivity index (χ4n) is 4.45. The van der Waals surface area contributed by atoms with Crippen LogP contribution in [-0.2, 0) is 11.3 Å². The van der Waals surface area contributed by atoms with Crippen LogP contribution in [0.15, 0.2) is 48.5 Å². The van der Waals surface area contributed by atoms with Crippen molar-refractivity contribution in [2.75, 3.05) is 44.3 Å². The van der Waals surface area contributed by atoms with Gasteiger partial charge in [-0.1, -0.05) is 30.3 Å². The van der Waals surface area contributed by atoms with Gasteiger partial charge in [0.05, 0.1) is 19.3 Å². The Kier molecular flexibility index (Phi) is 6.93. The molecule has 2 aromatic carbocycles. The molecule has 0 unspecified atom stereocenters. The van der Waals surface area contributed by atoms with Gasteiger partial charge in [0.15, 0.2) is 0 Å². The molecule has 0 radical (unpaired) electrons. The second-order valence-corrected chi connectivity index (χ2v) is 8.73. The third kappa shape index (κ3) is 5.15. The molecule has 0 spiro atoms. The Morgan fingerprint density at radius 1 is 1.10 bits per heavy atom. The Labute approximate surface area is 181 Å². The molecule has 2 aromatic rings. The van der Waals surface area contributed by atoms with Crippen molar-refractivity contribution in [3.8, 4) is 5.75 Å². The number of benzene rings is 2. The van der Waals surface area contributed by atoms with E-state index in [1.807, 2.05) is 0 Å². The first kappa shape index (κ1) is 21.2. The molecule has 1 N–H and O–H groups in total. The predicted octanol–water partition coefficient (Wildman–Crippen LogP) is 3.85. The molecule has 2 aliphatic heterocycles. The summed E-state index contributed by atoms with van der Waals surface area (Å²) in [6.45, 7) is 13.0. The van der Waals surface area contributed by atoms with Crippen LogP contribution in [0.5, 0.6) is 5.75 Å². The van der Waals surface area contributed by atoms with Gasteiger partial charge in [-0.2, -0.15) is 0 Å². The molecule has 5 heteroatoms. The first-order valence-electron chi connectivity index (χ1n) is 11.2. The number of ether oxygens (including phenoxy) is 2. The number of rotatable bonds is 6. The summed E-state index contributed by atoms with van der Waals surface area (Å²) in [5, 5.41) is 3.68. The van der Waals surface area contributed by atoms with Crippen LogP contribution < -0.4 is 15.0 Å². The fourth-order valence-corrected chi connectivity index (χ4v) is 4.45. The molecule has 0 aliphatic carbocycles. The van der Waals surface area contributed by atoms with E-state index in [2.05, 4.69) is 84.4 Å². The van der Waals surface area contributed by atoms with Gasteiger partial charge in [0.25, 0.3) is 0 Å². The summed E-state index contributed by atoms with van der Waals surface area (Å²) < 4.78 is 11.6. The average Bonchev–Trinajstić information content (AvgIpc) is 2.75. The lowest BCUT2D eigenvalue weighted by atomic mass is 10.0. The Balaban J connectivity index is 1.40. The van der Waals surface area contributed by atoms with Gasteiger partial charge in [0.2, 0.25) is 0 Å². The average molecular weight is 410 g/mol. The number of piperazine rings is 1. The monoisotopic (exact) mass is 409 g/mol. The lowest BCUT2D eigenvalue weighted by molar-refractivity contribution is 0.0989. The highest BCUT2D eigenvalue weighted by Crippen LogP contribution is 2.28. The maximum atomic E-state index is 6.06. The number of nitrogens with zero attached hydrogens (tertiary/aromatic N) is 2. The molecular formula is C25H35N3O2. The van der Waals surface area contributed by atoms with Gasteiger partial charge in [-0.3, -0.25) is 4.90 Å². The van der Waals surface area contributed by atoms with E-state index >= 15 is 0 Å². The van der Waals surface area contributed by atoms with Crippen molar-refractivity contribution in [3.63, 3.8) is 0 Å². The standard InChI is InChI=1S/C25H35N3O2/c1-19(2)30-25-7-5-4-6-23(25)24-17-27(13-12-26-24)16-21-8-10-22(11-9-21)28-14-15-29-18-20(28)3/h4-11,19-20,24,26H,12-18H2,1-3H3/t20-,24-/m1/s1. The van der Waals surface area contributed by atoms with Crippen molar-refractivity contribution >= 4 is 5.69 Å². The van der Waals surface area contributed by atoms with E-state index in [1.165, 1.54) is 16.8 Å². The van der Waals surface area contributed by atoms with Crippen LogP contribution in [0.3, 0.4) is 0 Å². The zero-order chi connectivity index (χ0) is 20.9. The smallest absolute Gasteiger partial charge is 0.124 e. The van der Waals surface area contributed by atoms with Crippen molar-refractivity contribution in [2.24, 2.45) is 0 Å². The number of hydrogen-bond donors (Lipinski definition) is 1. The van der Waals surface area contributed by atoms with Crippen molar-refractivity contribution in [1.82, 2.24) is 10.2 Å². The third-order valence-corrected chi connectivity index (χ3v) is 5.96. The fraction of sp³-hybridized carbons (Fsp3) is 0.520. The van der Waals surface area contributed by atoms with Crippen LogP contribution in [0, 0.1) is 0 Å². The number of nitrogens with one attached hydrogen (secondary N) is 1. The lowest BCUT2D eigenvalue weighted by Gasteiger charge is -2.36. The Hall–Kier alpha value is -2.08. The highest BCUT2D eigenvalue weighted by atomic mass is 16.5. The molecule has 2 heterocycles. The van der Waals surface area contributed by atoms with E-state index in [9.17, 15) is 0 Å². The Bertz CT molecular complexity index is 808. The summed E-state index contributed by atoms with van der Waals surface area (Å²) in [4.78, 5) is 4.99. The van der Waals surface area contributed by atoms with Gasteiger partial charge in [0.1, 0.15) is 5.75 Å². The molecule has 2 saturated heterocycles. The SMILES string of the molecule is CC(C)Oc1ccccc1[C@H]1CN(Cc2ccc(N3CCOC[C@H]3C)cc2)CCN1. The van der Waals surface area contributed by atoms with Gasteiger partial charge < -0.3 is 19.7 Å². The zero-order valence-corrected chi connectivity index (χ0v) is 18.5. The van der Waals surface area contributed by atoms with E-state index in [-0.39, 0.29) is 6.10 Å². The quantitative estimate of drug-likeness (QED) is 0.784. The van der Waals surface area contributed by atoms with Crippen LogP contribution in [-0.4, -0.2) is 56.4 Å². The zero-order valence-electron chi connectivity index (χ0n) is 18.5. The van der Waals surface area contributed by atoms with Gasteiger partial charge in [-0.25, -0.2) is 0 Å². The molecule has 0 amide bonds. The topological polar surface area (TPSA) is 37.0 Å². The number of para-hydroxylation sites is 1. The van der Waals surface area contributed by atoms with Crippen LogP contribution >= 0.6 is 0 Å². The normalized spacial score (nSPS) is 23.0. The van der Waals surface area contributed by atoms with Crippen LogP contribution in [0.4, 0.5) is 5.69 Å². The first-order valence-corrected chi connectivity index (χ1v) is 11.2. The van der Waals surface area contributed by atoms with Crippen LogP contribution in [0.25, 0.3) is 0 Å². The summed E-state index contributed by atoms with van der Waals surface area (Å²) in [6, 6.07) is 18.3. The second-order valence-electron chi connectivity index (χ2n) is 8.73. The molecule has 2 aliphatic rings. The molecular weight excluding hydrogens is 374 g/mol. The largest absolute Gasteiger partial charge is 0.491 e. The van der Waals surface area contributed by atoms with E-state index in [0.29, 0.717) is 12.1 Å². The van der Waals surface area contributed by atoms with Crippen LogP contribution in [0.2, 0.25) is 0 Å². The summed E-state index contributed by atoms with van der Waals surface area (Å²) in [7, 11) is 0. The second kappa shape index (κ2) is 9.82. The molecule has 162 valence electrons. The highest BCUT2D eigenvalue weighted by Gasteiger charge is 2.24. The molecule has 5 nitrogen and oxygen atoms in total. The number of morpholine rings is 1. The van der Waals surface area contributed by atoms with Gasteiger partial charge in [-0.15, -0.1) is 0 Å². The summed E-state index contributed by atoms with van der Waals surface area (Å²) in [5.74, 6) is 0.996. The maximum absolute atomic E-state index is 6.06. The molecule has 2 fully saturated rings. The lowest BCUT2D eigenvalue weighted by Crippen LogP contribution is -2.45. The minimum atomic E-state index is 0.179. The number of anilines is 1. The molecule has 4 rings (SSSR count). The first-order chi connectivity index (χ1) is 14.6. The van der Waals surface area contributed by atoms with Crippen molar-refractivity contribution in [2.45, 2.75) is 45.5 Å². The Morgan fingerprint density at radius 2 is 1.90 bits per heavy atom. The van der Waals surface area contributed by atoms with Crippen molar-refractivity contribution < 1.29 is 9.47 Å². The molecule has 2 atom stereocenters. The highest BCUT2D eigenvalue weighted by molar-refractivity contribution is 5.49. The van der Waals surface area contributed by atoms with E-state index in [1.54, 1.807) is 0 Å². The summed E-state index contributed by atoms with van der Waals surface area (Å²) >= 11 is 0. The van der Waals surface area contributed by atoms with Crippen molar-refractivity contribution in [3.05, 3.63) is 59.7 Å². The molecule has 0 aromatic heterocycles. The van der Waals surface area contributed by atoms with E-state index in [4.69, 9.17) is 9.47 Å². The molecule has 30 heavy (non-hydrogen) atoms. The van der Waals surface area contributed by atoms with Gasteiger partial charge >= 0.3 is 0 Å². The minimum Gasteiger partial charge on any atom is -0.491 e. The van der Waals surface area contributed by atoms with Crippen molar-refractivity contribution in [1.29, 1.82) is 0 Å². The number of hydrogen-bond acceptors (Lipinski definition) is 5. The van der Waals surface area contributed by atoms with Crippen LogP contribution in [0.1, 0.15) is 37.9 Å². The molecule has 0 bridgehead atoms. The maximum Gasteiger partial charge on any atom is 0.124 e. The van der Waals surface area contributed by atoms with E-state index < -0.39 is 0 Å². The molecule has 0 saturated carbocycles. The minimum absolute atomic E-state index is 0.179. The summed E-state index contributed by atoms with van der Waals surface area (Å²) in [6.07, 6.45) is 0.179. The van der Waals surface area contributed by atoms with E-state index in [0.717, 1.165) is 51.7 Å². The van der Waals surface area contributed by atoms with Gasteiger partial charge in [-0.05, 0) is 44.5 Å². The predicted molar refractivity (Wildman–Crippen MR) is 122 cm³/mol.